The summed E-state index contributed by atoms with van der Waals surface area (Å²) in [6.07, 6.45) is -5.11. The molecule has 1 atom stereocenters. The van der Waals surface area contributed by atoms with E-state index in [1.165, 1.54) is 6.92 Å². The van der Waals surface area contributed by atoms with Gasteiger partial charge in [-0.05, 0) is 26.0 Å². The lowest BCUT2D eigenvalue weighted by Gasteiger charge is -2.14. The average Bonchev–Trinajstić information content (AvgIpc) is 2.58. The SMILES string of the molecule is Cc1cccc2nc(NC(C)CC(F)(F)F)nn12. The first kappa shape index (κ1) is 12.7. The molecule has 1 N–H and O–H groups in total. The van der Waals surface area contributed by atoms with E-state index in [4.69, 9.17) is 0 Å². The molecule has 98 valence electrons. The van der Waals surface area contributed by atoms with Crippen LogP contribution in [0.5, 0.6) is 0 Å². The van der Waals surface area contributed by atoms with Crippen molar-refractivity contribution >= 4 is 11.6 Å². The van der Waals surface area contributed by atoms with Crippen LogP contribution in [0.2, 0.25) is 0 Å². The van der Waals surface area contributed by atoms with Crippen molar-refractivity contribution in [3.8, 4) is 0 Å². The number of aromatic nitrogens is 3. The maximum atomic E-state index is 12.2. The Morgan fingerprint density at radius 2 is 2.11 bits per heavy atom. The van der Waals surface area contributed by atoms with Crippen LogP contribution in [0.1, 0.15) is 19.0 Å². The van der Waals surface area contributed by atoms with Crippen molar-refractivity contribution in [3.05, 3.63) is 23.9 Å². The minimum atomic E-state index is -4.19. The Morgan fingerprint density at radius 1 is 1.39 bits per heavy atom. The number of alkyl halides is 3. The van der Waals surface area contributed by atoms with E-state index in [0.717, 1.165) is 5.69 Å². The topological polar surface area (TPSA) is 42.2 Å². The molecule has 2 aromatic heterocycles. The molecule has 18 heavy (non-hydrogen) atoms. The quantitative estimate of drug-likeness (QED) is 0.920. The third-order valence-electron chi connectivity index (χ3n) is 2.46. The molecule has 0 saturated carbocycles. The van der Waals surface area contributed by atoms with Crippen molar-refractivity contribution in [2.45, 2.75) is 32.5 Å². The number of nitrogens with one attached hydrogen (secondary N) is 1. The molecular weight excluding hydrogens is 245 g/mol. The Morgan fingerprint density at radius 3 is 2.72 bits per heavy atom. The van der Waals surface area contributed by atoms with Crippen LogP contribution in [-0.2, 0) is 0 Å². The minimum absolute atomic E-state index is 0.209. The zero-order chi connectivity index (χ0) is 13.3. The number of fused-ring (bicyclic) bond motifs is 1. The Bertz CT molecular complexity index is 547. The summed E-state index contributed by atoms with van der Waals surface area (Å²) < 4.78 is 38.2. The van der Waals surface area contributed by atoms with Gasteiger partial charge in [-0.25, -0.2) is 4.52 Å². The summed E-state index contributed by atoms with van der Waals surface area (Å²) in [7, 11) is 0. The normalized spacial score (nSPS) is 13.8. The molecule has 0 aromatic carbocycles. The summed E-state index contributed by atoms with van der Waals surface area (Å²) in [5.41, 5.74) is 1.48. The van der Waals surface area contributed by atoms with Gasteiger partial charge >= 0.3 is 6.18 Å². The molecule has 2 aromatic rings. The summed E-state index contributed by atoms with van der Waals surface area (Å²) in [5.74, 6) is 0.209. The molecule has 0 spiro atoms. The van der Waals surface area contributed by atoms with E-state index in [0.29, 0.717) is 5.65 Å². The lowest BCUT2D eigenvalue weighted by molar-refractivity contribution is -0.136. The predicted octanol–water partition coefficient (Wildman–Crippen LogP) is 2.79. The van der Waals surface area contributed by atoms with Crippen molar-refractivity contribution in [2.75, 3.05) is 5.32 Å². The molecule has 0 amide bonds. The van der Waals surface area contributed by atoms with Gasteiger partial charge < -0.3 is 5.32 Å². The van der Waals surface area contributed by atoms with Gasteiger partial charge in [-0.1, -0.05) is 6.07 Å². The van der Waals surface area contributed by atoms with Crippen molar-refractivity contribution in [1.29, 1.82) is 0 Å². The van der Waals surface area contributed by atoms with Gasteiger partial charge in [-0.2, -0.15) is 18.2 Å². The fraction of sp³-hybridized carbons (Fsp3) is 0.455. The summed E-state index contributed by atoms with van der Waals surface area (Å²) in [6, 6.07) is 4.66. The minimum Gasteiger partial charge on any atom is -0.350 e. The molecule has 0 saturated heterocycles. The first-order valence-electron chi connectivity index (χ1n) is 5.51. The van der Waals surface area contributed by atoms with Crippen LogP contribution >= 0.6 is 0 Å². The zero-order valence-corrected chi connectivity index (χ0v) is 9.99. The molecular formula is C11H13F3N4. The number of hydrogen-bond acceptors (Lipinski definition) is 3. The van der Waals surface area contributed by atoms with Crippen LogP contribution in [0.15, 0.2) is 18.2 Å². The Labute approximate surface area is 102 Å². The fourth-order valence-corrected chi connectivity index (χ4v) is 1.72. The molecule has 1 unspecified atom stereocenters. The summed E-state index contributed by atoms with van der Waals surface area (Å²) in [5, 5.41) is 6.76. The largest absolute Gasteiger partial charge is 0.391 e. The number of hydrogen-bond donors (Lipinski definition) is 1. The van der Waals surface area contributed by atoms with E-state index in [2.05, 4.69) is 15.4 Å². The van der Waals surface area contributed by atoms with Crippen LogP contribution in [0, 0.1) is 6.92 Å². The third-order valence-corrected chi connectivity index (χ3v) is 2.46. The maximum Gasteiger partial charge on any atom is 0.391 e. The van der Waals surface area contributed by atoms with Crippen molar-refractivity contribution < 1.29 is 13.2 Å². The highest BCUT2D eigenvalue weighted by Crippen LogP contribution is 2.22. The van der Waals surface area contributed by atoms with Gasteiger partial charge in [0.25, 0.3) is 0 Å². The highest BCUT2D eigenvalue weighted by atomic mass is 19.4. The highest BCUT2D eigenvalue weighted by Gasteiger charge is 2.30. The summed E-state index contributed by atoms with van der Waals surface area (Å²) in [6.45, 7) is 3.30. The third kappa shape index (κ3) is 2.91. The van der Waals surface area contributed by atoms with Gasteiger partial charge in [0.2, 0.25) is 5.95 Å². The standard InChI is InChI=1S/C11H13F3N4/c1-7(6-11(12,13)14)15-10-16-9-5-3-4-8(2)18(9)17-10/h3-5,7H,6H2,1-2H3,(H,15,17). The van der Waals surface area contributed by atoms with Crippen LogP contribution in [0.4, 0.5) is 19.1 Å². The number of rotatable bonds is 3. The fourth-order valence-electron chi connectivity index (χ4n) is 1.72. The Kier molecular flexibility index (Phi) is 3.14. The van der Waals surface area contributed by atoms with E-state index >= 15 is 0 Å². The Hall–Kier alpha value is -1.79. The molecule has 7 heteroatoms. The molecule has 0 aliphatic carbocycles. The van der Waals surface area contributed by atoms with Crippen molar-refractivity contribution in [3.63, 3.8) is 0 Å². The van der Waals surface area contributed by atoms with Gasteiger partial charge in [0.15, 0.2) is 5.65 Å². The second-order valence-corrected chi connectivity index (χ2v) is 4.24. The molecule has 0 aliphatic rings. The van der Waals surface area contributed by atoms with Crippen LogP contribution in [0.3, 0.4) is 0 Å². The molecule has 4 nitrogen and oxygen atoms in total. The van der Waals surface area contributed by atoms with Crippen LogP contribution < -0.4 is 5.32 Å². The predicted molar refractivity (Wildman–Crippen MR) is 61.5 cm³/mol. The molecule has 0 fully saturated rings. The summed E-state index contributed by atoms with van der Waals surface area (Å²) in [4.78, 5) is 4.12. The van der Waals surface area contributed by atoms with Gasteiger partial charge in [-0.15, -0.1) is 5.10 Å². The lowest BCUT2D eigenvalue weighted by atomic mass is 10.2. The second kappa shape index (κ2) is 4.47. The van der Waals surface area contributed by atoms with Gasteiger partial charge in [-0.3, -0.25) is 0 Å². The van der Waals surface area contributed by atoms with Gasteiger partial charge in [0.1, 0.15) is 0 Å². The Balaban J connectivity index is 2.15. The van der Waals surface area contributed by atoms with Crippen molar-refractivity contribution in [1.82, 2.24) is 14.6 Å². The van der Waals surface area contributed by atoms with E-state index in [1.54, 1.807) is 10.6 Å². The average molecular weight is 258 g/mol. The molecule has 2 rings (SSSR count). The zero-order valence-electron chi connectivity index (χ0n) is 9.99. The number of halogens is 3. The molecule has 0 radical (unpaired) electrons. The number of pyridine rings is 1. The number of aryl methyl sites for hydroxylation is 1. The van der Waals surface area contributed by atoms with Gasteiger partial charge in [0.05, 0.1) is 6.42 Å². The van der Waals surface area contributed by atoms with E-state index < -0.39 is 18.6 Å². The maximum absolute atomic E-state index is 12.2. The van der Waals surface area contributed by atoms with Gasteiger partial charge in [0, 0.05) is 11.7 Å². The first-order chi connectivity index (χ1) is 8.35. The smallest absolute Gasteiger partial charge is 0.350 e. The number of nitrogens with zero attached hydrogens (tertiary/aromatic N) is 3. The van der Waals surface area contributed by atoms with E-state index in [9.17, 15) is 13.2 Å². The monoisotopic (exact) mass is 258 g/mol. The van der Waals surface area contributed by atoms with E-state index in [1.807, 2.05) is 19.1 Å². The van der Waals surface area contributed by atoms with E-state index in [-0.39, 0.29) is 5.95 Å². The number of anilines is 1. The molecule has 0 aliphatic heterocycles. The second-order valence-electron chi connectivity index (χ2n) is 4.24. The first-order valence-corrected chi connectivity index (χ1v) is 5.51. The molecule has 2 heterocycles. The van der Waals surface area contributed by atoms with Crippen LogP contribution in [0.25, 0.3) is 5.65 Å². The summed E-state index contributed by atoms with van der Waals surface area (Å²) >= 11 is 0. The molecule has 0 bridgehead atoms. The lowest BCUT2D eigenvalue weighted by Crippen LogP contribution is -2.24. The van der Waals surface area contributed by atoms with Crippen LogP contribution in [-0.4, -0.2) is 26.8 Å². The van der Waals surface area contributed by atoms with Crippen molar-refractivity contribution in [2.24, 2.45) is 0 Å². The highest BCUT2D eigenvalue weighted by molar-refractivity contribution is 5.44.